The van der Waals surface area contributed by atoms with Crippen LogP contribution in [0.2, 0.25) is 0 Å². The summed E-state index contributed by atoms with van der Waals surface area (Å²) in [5.41, 5.74) is 10.1. The Morgan fingerprint density at radius 3 is 2.56 bits per heavy atom. The van der Waals surface area contributed by atoms with Gasteiger partial charge in [0.25, 0.3) is 0 Å². The summed E-state index contributed by atoms with van der Waals surface area (Å²) in [6, 6.07) is 0. The molecule has 0 radical (unpaired) electrons. The maximum atomic E-state index is 11.3. The second-order valence-corrected chi connectivity index (χ2v) is 5.30. The van der Waals surface area contributed by atoms with E-state index in [0.29, 0.717) is 5.16 Å². The molecule has 0 spiro atoms. The number of anilines is 1. The minimum atomic E-state index is -0.970. The van der Waals surface area contributed by atoms with Crippen LogP contribution in [0.4, 0.5) is 5.95 Å². The fourth-order valence-corrected chi connectivity index (χ4v) is 1.82. The first kappa shape index (κ1) is 14.3. The van der Waals surface area contributed by atoms with Crippen LogP contribution in [0.25, 0.3) is 0 Å². The highest BCUT2D eigenvalue weighted by Gasteiger charge is 2.28. The van der Waals surface area contributed by atoms with Gasteiger partial charge >= 0.3 is 5.97 Å². The molecule has 0 fully saturated rings. The lowest BCUT2D eigenvalue weighted by atomic mass is 9.93. The lowest BCUT2D eigenvalue weighted by molar-refractivity contribution is -0.134. The molecule has 1 aromatic heterocycles. The topological polar surface area (TPSA) is 137 Å². The van der Waals surface area contributed by atoms with Crippen molar-refractivity contribution >= 4 is 29.6 Å². The Morgan fingerprint density at radius 2 is 2.06 bits per heavy atom. The van der Waals surface area contributed by atoms with E-state index in [1.165, 1.54) is 4.57 Å². The van der Waals surface area contributed by atoms with Gasteiger partial charge in [0, 0.05) is 6.54 Å². The highest BCUT2D eigenvalue weighted by atomic mass is 32.2. The van der Waals surface area contributed by atoms with Gasteiger partial charge in [-0.2, -0.15) is 0 Å². The predicted octanol–water partition coefficient (Wildman–Crippen LogP) is -0.451. The molecule has 0 aliphatic rings. The summed E-state index contributed by atoms with van der Waals surface area (Å²) in [7, 11) is 0. The summed E-state index contributed by atoms with van der Waals surface area (Å²) < 4.78 is 1.48. The quantitative estimate of drug-likeness (QED) is 0.597. The second-order valence-electron chi connectivity index (χ2n) is 4.36. The molecule has 0 aliphatic carbocycles. The number of hydrogen-bond acceptors (Lipinski definition) is 6. The number of carbonyl (C=O) groups is 2. The van der Waals surface area contributed by atoms with Gasteiger partial charge in [-0.25, -0.2) is 0 Å². The number of thioether (sulfide) groups is 1. The second kappa shape index (κ2) is 5.25. The lowest BCUT2D eigenvalue weighted by Crippen LogP contribution is -2.35. The maximum Gasteiger partial charge on any atom is 0.313 e. The standard InChI is InChI=1S/C9H15N5O3S/c1-9(2,6(10)17)4-14-7(11)12-13-8(14)18-3-5(15)16/h3-4H2,1-2H3,(H2,10,17)(H2,11,12)(H,15,16). The Hall–Kier alpha value is -1.77. The zero-order valence-electron chi connectivity index (χ0n) is 10.1. The molecule has 5 N–H and O–H groups in total. The summed E-state index contributed by atoms with van der Waals surface area (Å²) >= 11 is 0.986. The van der Waals surface area contributed by atoms with Crippen molar-refractivity contribution in [3.05, 3.63) is 0 Å². The number of nitrogens with zero attached hydrogens (tertiary/aromatic N) is 3. The Bertz CT molecular complexity index is 471. The van der Waals surface area contributed by atoms with Crippen molar-refractivity contribution in [3.8, 4) is 0 Å². The normalized spacial score (nSPS) is 11.4. The third-order valence-electron chi connectivity index (χ3n) is 2.29. The number of aliphatic carboxylic acids is 1. The van der Waals surface area contributed by atoms with Gasteiger partial charge in [0.15, 0.2) is 5.16 Å². The van der Waals surface area contributed by atoms with Crippen molar-refractivity contribution in [1.29, 1.82) is 0 Å². The minimum Gasteiger partial charge on any atom is -0.481 e. The number of rotatable bonds is 6. The zero-order valence-corrected chi connectivity index (χ0v) is 10.9. The molecule has 0 aromatic carbocycles. The van der Waals surface area contributed by atoms with Gasteiger partial charge in [0.2, 0.25) is 11.9 Å². The minimum absolute atomic E-state index is 0.122. The number of primary amides is 1. The molecular weight excluding hydrogens is 258 g/mol. The first-order valence-corrected chi connectivity index (χ1v) is 6.06. The number of carbonyl (C=O) groups excluding carboxylic acids is 1. The van der Waals surface area contributed by atoms with Crippen LogP contribution >= 0.6 is 11.8 Å². The van der Waals surface area contributed by atoms with Crippen molar-refractivity contribution in [2.24, 2.45) is 11.1 Å². The third-order valence-corrected chi connectivity index (χ3v) is 3.24. The van der Waals surface area contributed by atoms with Crippen LogP contribution in [-0.2, 0) is 16.1 Å². The average molecular weight is 273 g/mol. The van der Waals surface area contributed by atoms with Crippen LogP contribution in [0.5, 0.6) is 0 Å². The molecule has 1 heterocycles. The third kappa shape index (κ3) is 3.36. The molecule has 9 heteroatoms. The van der Waals surface area contributed by atoms with Gasteiger partial charge in [-0.15, -0.1) is 10.2 Å². The summed E-state index contributed by atoms with van der Waals surface area (Å²) in [6.07, 6.45) is 0. The van der Waals surface area contributed by atoms with E-state index < -0.39 is 17.3 Å². The molecule has 0 aliphatic heterocycles. The molecule has 100 valence electrons. The molecule has 8 nitrogen and oxygen atoms in total. The van der Waals surface area contributed by atoms with E-state index in [2.05, 4.69) is 10.2 Å². The summed E-state index contributed by atoms with van der Waals surface area (Å²) in [5.74, 6) is -1.49. The fourth-order valence-electron chi connectivity index (χ4n) is 1.15. The molecule has 0 saturated heterocycles. The summed E-state index contributed by atoms with van der Waals surface area (Å²) in [4.78, 5) is 21.8. The zero-order chi connectivity index (χ0) is 13.9. The van der Waals surface area contributed by atoms with E-state index in [-0.39, 0.29) is 18.2 Å². The molecule has 1 amide bonds. The molecule has 0 atom stereocenters. The van der Waals surface area contributed by atoms with Gasteiger partial charge in [-0.1, -0.05) is 11.8 Å². The molecule has 0 saturated carbocycles. The van der Waals surface area contributed by atoms with Crippen molar-refractivity contribution in [2.75, 3.05) is 11.5 Å². The van der Waals surface area contributed by atoms with Crippen molar-refractivity contribution in [2.45, 2.75) is 25.5 Å². The van der Waals surface area contributed by atoms with Gasteiger partial charge in [-0.3, -0.25) is 14.2 Å². The van der Waals surface area contributed by atoms with E-state index in [1.54, 1.807) is 13.8 Å². The highest BCUT2D eigenvalue weighted by molar-refractivity contribution is 7.99. The number of nitrogens with two attached hydrogens (primary N) is 2. The number of aromatic nitrogens is 3. The molecular formula is C9H15N5O3S. The number of hydrogen-bond donors (Lipinski definition) is 3. The summed E-state index contributed by atoms with van der Waals surface area (Å²) in [5, 5.41) is 16.4. The van der Waals surface area contributed by atoms with Crippen LogP contribution in [0.3, 0.4) is 0 Å². The number of carboxylic acids is 1. The Labute approximate surface area is 108 Å². The Morgan fingerprint density at radius 1 is 1.44 bits per heavy atom. The monoisotopic (exact) mass is 273 g/mol. The van der Waals surface area contributed by atoms with Crippen molar-refractivity contribution in [3.63, 3.8) is 0 Å². The first-order chi connectivity index (χ1) is 8.24. The van der Waals surface area contributed by atoms with E-state index in [4.69, 9.17) is 16.6 Å². The molecule has 1 aromatic rings. The largest absolute Gasteiger partial charge is 0.481 e. The van der Waals surface area contributed by atoms with E-state index in [1.807, 2.05) is 0 Å². The lowest BCUT2D eigenvalue weighted by Gasteiger charge is -2.21. The number of nitrogen functional groups attached to an aromatic ring is 1. The van der Waals surface area contributed by atoms with Gasteiger partial charge in [-0.05, 0) is 13.8 Å². The van der Waals surface area contributed by atoms with Crippen LogP contribution in [0.1, 0.15) is 13.8 Å². The van der Waals surface area contributed by atoms with E-state index in [0.717, 1.165) is 11.8 Å². The molecule has 0 bridgehead atoms. The Balaban J connectivity index is 2.91. The first-order valence-electron chi connectivity index (χ1n) is 5.07. The summed E-state index contributed by atoms with van der Waals surface area (Å²) in [6.45, 7) is 3.53. The van der Waals surface area contributed by atoms with Gasteiger partial charge < -0.3 is 16.6 Å². The maximum absolute atomic E-state index is 11.3. The fraction of sp³-hybridized carbons (Fsp3) is 0.556. The SMILES string of the molecule is CC(C)(Cn1c(N)nnc1SCC(=O)O)C(N)=O. The van der Waals surface area contributed by atoms with Crippen LogP contribution in [0.15, 0.2) is 5.16 Å². The molecule has 1 rings (SSSR count). The van der Waals surface area contributed by atoms with Crippen molar-refractivity contribution < 1.29 is 14.7 Å². The van der Waals surface area contributed by atoms with Gasteiger partial charge in [0.1, 0.15) is 0 Å². The van der Waals surface area contributed by atoms with Crippen molar-refractivity contribution in [1.82, 2.24) is 14.8 Å². The van der Waals surface area contributed by atoms with Crippen LogP contribution < -0.4 is 11.5 Å². The molecule has 0 unspecified atom stereocenters. The van der Waals surface area contributed by atoms with E-state index >= 15 is 0 Å². The van der Waals surface area contributed by atoms with Gasteiger partial charge in [0.05, 0.1) is 11.2 Å². The van der Waals surface area contributed by atoms with Crippen LogP contribution in [0, 0.1) is 5.41 Å². The van der Waals surface area contributed by atoms with E-state index in [9.17, 15) is 9.59 Å². The predicted molar refractivity (Wildman–Crippen MR) is 65.8 cm³/mol. The molecule has 18 heavy (non-hydrogen) atoms. The van der Waals surface area contributed by atoms with Crippen LogP contribution in [-0.4, -0.2) is 37.5 Å². The highest BCUT2D eigenvalue weighted by Crippen LogP contribution is 2.24. The number of carboxylic acid groups (broad SMARTS) is 1. The Kier molecular flexibility index (Phi) is 4.17. The smallest absolute Gasteiger partial charge is 0.313 e. The number of amides is 1. The average Bonchev–Trinajstić information content (AvgIpc) is 2.57.